The van der Waals surface area contributed by atoms with E-state index in [-0.39, 0.29) is 5.91 Å². The van der Waals surface area contributed by atoms with Gasteiger partial charge >= 0.3 is 0 Å². The molecule has 2 rings (SSSR count). The molecule has 1 aromatic rings. The van der Waals surface area contributed by atoms with Crippen LogP contribution in [0.5, 0.6) is 0 Å². The minimum absolute atomic E-state index is 0.0892. The highest BCUT2D eigenvalue weighted by Crippen LogP contribution is 2.22. The topological polar surface area (TPSA) is 62.2 Å². The van der Waals surface area contributed by atoms with Crippen LogP contribution in [0.4, 0.5) is 5.82 Å². The summed E-state index contributed by atoms with van der Waals surface area (Å²) in [5.74, 6) is 1.10. The zero-order valence-electron chi connectivity index (χ0n) is 13.6. The third kappa shape index (κ3) is 4.20. The molecule has 0 saturated heterocycles. The van der Waals surface area contributed by atoms with Gasteiger partial charge < -0.3 is 15.5 Å². The van der Waals surface area contributed by atoms with Gasteiger partial charge in [0.2, 0.25) is 5.91 Å². The third-order valence-electron chi connectivity index (χ3n) is 3.73. The van der Waals surface area contributed by atoms with Crippen LogP contribution < -0.4 is 15.5 Å². The monoisotopic (exact) mass is 293 g/mol. The van der Waals surface area contributed by atoms with E-state index in [4.69, 9.17) is 0 Å². The fourth-order valence-corrected chi connectivity index (χ4v) is 2.56. The zero-order chi connectivity index (χ0) is 15.4. The van der Waals surface area contributed by atoms with Gasteiger partial charge in [-0.3, -0.25) is 9.48 Å². The largest absolute Gasteiger partial charge is 0.352 e. The van der Waals surface area contributed by atoms with Gasteiger partial charge in [-0.2, -0.15) is 5.10 Å². The second-order valence-electron chi connectivity index (χ2n) is 5.89. The molecule has 2 N–H and O–H groups in total. The maximum absolute atomic E-state index is 12.0. The molecule has 1 amide bonds. The highest BCUT2D eigenvalue weighted by Gasteiger charge is 2.24. The van der Waals surface area contributed by atoms with Crippen molar-refractivity contribution in [3.8, 4) is 0 Å². The van der Waals surface area contributed by atoms with Gasteiger partial charge in [0, 0.05) is 32.2 Å². The van der Waals surface area contributed by atoms with Crippen molar-refractivity contribution >= 4 is 11.7 Å². The molecule has 6 heteroatoms. The summed E-state index contributed by atoms with van der Waals surface area (Å²) in [6.45, 7) is 6.32. The molecule has 1 saturated carbocycles. The molecule has 1 heterocycles. The van der Waals surface area contributed by atoms with Gasteiger partial charge in [0.15, 0.2) is 0 Å². The number of aryl methyl sites for hydroxylation is 2. The Morgan fingerprint density at radius 1 is 1.48 bits per heavy atom. The first-order valence-electron chi connectivity index (χ1n) is 7.76. The summed E-state index contributed by atoms with van der Waals surface area (Å²) in [5, 5.41) is 10.9. The summed E-state index contributed by atoms with van der Waals surface area (Å²) in [6, 6.07) is 0.407. The van der Waals surface area contributed by atoms with Crippen molar-refractivity contribution in [2.24, 2.45) is 7.05 Å². The quantitative estimate of drug-likeness (QED) is 0.700. The lowest BCUT2D eigenvalue weighted by Gasteiger charge is -2.21. The molecule has 0 radical (unpaired) electrons. The molecule has 1 aromatic heterocycles. The molecule has 1 fully saturated rings. The fraction of sp³-hybridized carbons (Fsp3) is 0.733. The van der Waals surface area contributed by atoms with Crippen LogP contribution in [0.2, 0.25) is 0 Å². The smallest absolute Gasteiger partial charge is 0.239 e. The number of nitrogens with one attached hydrogen (secondary N) is 2. The van der Waals surface area contributed by atoms with Crippen LogP contribution in [0.3, 0.4) is 0 Å². The second kappa shape index (κ2) is 6.93. The number of hydrogen-bond donors (Lipinski definition) is 2. The van der Waals surface area contributed by atoms with E-state index in [1.807, 2.05) is 30.6 Å². The average Bonchev–Trinajstić information content (AvgIpc) is 3.15. The Hall–Kier alpha value is -1.56. The molecule has 0 atom stereocenters. The summed E-state index contributed by atoms with van der Waals surface area (Å²) in [7, 11) is 3.88. The van der Waals surface area contributed by atoms with Crippen LogP contribution in [-0.4, -0.2) is 41.9 Å². The molecule has 0 aromatic carbocycles. The number of carbonyl (C=O) groups excluding carboxylic acids is 1. The van der Waals surface area contributed by atoms with Crippen LogP contribution in [0, 0.1) is 6.92 Å². The van der Waals surface area contributed by atoms with E-state index >= 15 is 0 Å². The van der Waals surface area contributed by atoms with Gasteiger partial charge in [0.05, 0.1) is 12.2 Å². The van der Waals surface area contributed by atoms with Crippen molar-refractivity contribution in [1.82, 2.24) is 20.4 Å². The number of rotatable bonds is 8. The molecule has 1 aliphatic carbocycles. The second-order valence-corrected chi connectivity index (χ2v) is 5.89. The van der Waals surface area contributed by atoms with Crippen molar-refractivity contribution in [1.29, 1.82) is 0 Å². The van der Waals surface area contributed by atoms with Crippen LogP contribution in [0.15, 0.2) is 0 Å². The predicted molar refractivity (Wildman–Crippen MR) is 84.4 cm³/mol. The van der Waals surface area contributed by atoms with Crippen molar-refractivity contribution in [2.75, 3.05) is 25.0 Å². The van der Waals surface area contributed by atoms with Crippen LogP contribution in [0.25, 0.3) is 0 Å². The number of anilines is 1. The van der Waals surface area contributed by atoms with Crippen molar-refractivity contribution < 1.29 is 4.79 Å². The molecular weight excluding hydrogens is 266 g/mol. The van der Waals surface area contributed by atoms with Gasteiger partial charge in [-0.15, -0.1) is 0 Å². The minimum atomic E-state index is 0.0892. The minimum Gasteiger partial charge on any atom is -0.352 e. The molecule has 1 aliphatic rings. The van der Waals surface area contributed by atoms with Crippen LogP contribution >= 0.6 is 0 Å². The molecule has 0 spiro atoms. The highest BCUT2D eigenvalue weighted by atomic mass is 16.2. The average molecular weight is 293 g/mol. The lowest BCUT2D eigenvalue weighted by molar-refractivity contribution is -0.119. The van der Waals surface area contributed by atoms with Crippen molar-refractivity contribution in [3.63, 3.8) is 0 Å². The van der Waals surface area contributed by atoms with E-state index in [0.717, 1.165) is 43.9 Å². The Bertz CT molecular complexity index is 492. The zero-order valence-corrected chi connectivity index (χ0v) is 13.6. The highest BCUT2D eigenvalue weighted by molar-refractivity contribution is 5.81. The normalized spacial score (nSPS) is 14.3. The standard InChI is InChI=1S/C15H27N5O/c1-5-8-16-9-13-11(2)18-20(4)15(13)19(3)10-14(21)17-12-6-7-12/h12,16H,5-10H2,1-4H3,(H,17,21). The third-order valence-corrected chi connectivity index (χ3v) is 3.73. The van der Waals surface area contributed by atoms with Gasteiger partial charge in [-0.05, 0) is 32.7 Å². The van der Waals surface area contributed by atoms with E-state index in [0.29, 0.717) is 12.6 Å². The summed E-state index contributed by atoms with van der Waals surface area (Å²) < 4.78 is 1.86. The summed E-state index contributed by atoms with van der Waals surface area (Å²) >= 11 is 0. The van der Waals surface area contributed by atoms with Gasteiger partial charge in [0.25, 0.3) is 0 Å². The number of amides is 1. The first-order chi connectivity index (χ1) is 10.0. The lowest BCUT2D eigenvalue weighted by atomic mass is 10.2. The van der Waals surface area contributed by atoms with Gasteiger partial charge in [-0.1, -0.05) is 6.92 Å². The maximum Gasteiger partial charge on any atom is 0.239 e. The SMILES string of the molecule is CCCNCc1c(C)nn(C)c1N(C)CC(=O)NC1CC1. The first kappa shape index (κ1) is 15.8. The van der Waals surface area contributed by atoms with E-state index in [1.165, 1.54) is 5.56 Å². The van der Waals surface area contributed by atoms with Crippen LogP contribution in [0.1, 0.15) is 37.4 Å². The number of carbonyl (C=O) groups is 1. The van der Waals surface area contributed by atoms with E-state index in [9.17, 15) is 4.79 Å². The Kier molecular flexibility index (Phi) is 5.22. The lowest BCUT2D eigenvalue weighted by Crippen LogP contribution is -2.37. The number of aromatic nitrogens is 2. The molecular formula is C15H27N5O. The van der Waals surface area contributed by atoms with Gasteiger partial charge in [0.1, 0.15) is 5.82 Å². The number of likely N-dealkylation sites (N-methyl/N-ethyl adjacent to an activating group) is 1. The summed E-state index contributed by atoms with van der Waals surface area (Å²) in [5.41, 5.74) is 2.19. The Morgan fingerprint density at radius 2 is 2.19 bits per heavy atom. The van der Waals surface area contributed by atoms with Gasteiger partial charge in [-0.25, -0.2) is 0 Å². The summed E-state index contributed by atoms with van der Waals surface area (Å²) in [6.07, 6.45) is 3.34. The van der Waals surface area contributed by atoms with E-state index < -0.39 is 0 Å². The molecule has 0 bridgehead atoms. The molecule has 0 aliphatic heterocycles. The predicted octanol–water partition coefficient (Wildman–Crippen LogP) is 0.943. The Labute approximate surface area is 126 Å². The van der Waals surface area contributed by atoms with E-state index in [1.54, 1.807) is 0 Å². The Balaban J connectivity index is 2.03. The Morgan fingerprint density at radius 3 is 2.81 bits per heavy atom. The molecule has 21 heavy (non-hydrogen) atoms. The number of nitrogens with zero attached hydrogens (tertiary/aromatic N) is 3. The summed E-state index contributed by atoms with van der Waals surface area (Å²) in [4.78, 5) is 14.0. The number of hydrogen-bond acceptors (Lipinski definition) is 4. The van der Waals surface area contributed by atoms with Crippen LogP contribution in [-0.2, 0) is 18.4 Å². The van der Waals surface area contributed by atoms with Crippen molar-refractivity contribution in [2.45, 2.75) is 45.7 Å². The molecule has 0 unspecified atom stereocenters. The maximum atomic E-state index is 12.0. The van der Waals surface area contributed by atoms with E-state index in [2.05, 4.69) is 22.7 Å². The first-order valence-corrected chi connectivity index (χ1v) is 7.76. The molecule has 6 nitrogen and oxygen atoms in total. The molecule has 118 valence electrons. The fourth-order valence-electron chi connectivity index (χ4n) is 2.56. The van der Waals surface area contributed by atoms with Crippen molar-refractivity contribution in [3.05, 3.63) is 11.3 Å².